The van der Waals surface area contributed by atoms with E-state index in [-0.39, 0.29) is 18.4 Å². The number of fused-ring (bicyclic) bond motifs is 1. The van der Waals surface area contributed by atoms with E-state index in [1.807, 2.05) is 12.4 Å². The van der Waals surface area contributed by atoms with Crippen molar-refractivity contribution >= 4 is 33.7 Å². The van der Waals surface area contributed by atoms with E-state index in [0.717, 1.165) is 30.1 Å². The van der Waals surface area contributed by atoms with Crippen LogP contribution in [-0.2, 0) is 6.54 Å². The highest BCUT2D eigenvalue weighted by Crippen LogP contribution is 2.30. The summed E-state index contributed by atoms with van der Waals surface area (Å²) >= 11 is 1.41. The molecule has 4 aromatic heterocycles. The van der Waals surface area contributed by atoms with E-state index in [1.54, 1.807) is 28.4 Å². The lowest BCUT2D eigenvalue weighted by molar-refractivity contribution is 0.0838. The fourth-order valence-electron chi connectivity index (χ4n) is 4.47. The third-order valence-corrected chi connectivity index (χ3v) is 7.93. The van der Waals surface area contributed by atoms with E-state index in [0.29, 0.717) is 46.8 Å². The van der Waals surface area contributed by atoms with Crippen molar-refractivity contribution in [2.24, 2.45) is 0 Å². The van der Waals surface area contributed by atoms with Crippen LogP contribution in [0.1, 0.15) is 45.7 Å². The lowest BCUT2D eigenvalue weighted by Gasteiger charge is -2.15. The molecule has 2 amide bonds. The lowest BCUT2D eigenvalue weighted by atomic mass is 10.2. The molecule has 0 aromatic carbocycles. The van der Waals surface area contributed by atoms with Crippen molar-refractivity contribution in [1.82, 2.24) is 34.6 Å². The monoisotopic (exact) mass is 552 g/mol. The Morgan fingerprint density at radius 3 is 2.72 bits per heavy atom. The van der Waals surface area contributed by atoms with Gasteiger partial charge in [-0.15, -0.1) is 11.3 Å². The molecule has 13 heteroatoms. The summed E-state index contributed by atoms with van der Waals surface area (Å²) < 4.78 is 3.35. The van der Waals surface area contributed by atoms with Gasteiger partial charge in [0.05, 0.1) is 52.5 Å². The molecule has 1 fully saturated rings. The van der Waals surface area contributed by atoms with Crippen molar-refractivity contribution in [1.29, 1.82) is 0 Å². The van der Waals surface area contributed by atoms with Gasteiger partial charge in [-0.05, 0) is 45.3 Å². The van der Waals surface area contributed by atoms with Crippen molar-refractivity contribution in [3.63, 3.8) is 0 Å². The molecule has 1 aliphatic rings. The number of thiazole rings is 1. The molecule has 0 aliphatic carbocycles. The van der Waals surface area contributed by atoms with Crippen molar-refractivity contribution in [3.8, 4) is 10.4 Å². The molecule has 1 saturated heterocycles. The number of aromatic nitrogens is 5. The molecule has 0 radical (unpaired) electrons. The number of amides is 2. The van der Waals surface area contributed by atoms with E-state index in [9.17, 15) is 14.7 Å². The van der Waals surface area contributed by atoms with Crippen molar-refractivity contribution < 1.29 is 19.8 Å². The van der Waals surface area contributed by atoms with Gasteiger partial charge in [0.1, 0.15) is 4.83 Å². The molecule has 0 spiro atoms. The van der Waals surface area contributed by atoms with Crippen LogP contribution in [0, 0.1) is 6.92 Å². The minimum atomic E-state index is -0.780. The predicted molar refractivity (Wildman–Crippen MR) is 147 cm³/mol. The largest absolute Gasteiger partial charge is 0.394 e. The Morgan fingerprint density at radius 1 is 1.10 bits per heavy atom. The second kappa shape index (κ2) is 12.0. The summed E-state index contributed by atoms with van der Waals surface area (Å²) in [5.41, 5.74) is 2.73. The molecular weight excluding hydrogens is 520 g/mol. The minimum Gasteiger partial charge on any atom is -0.394 e. The van der Waals surface area contributed by atoms with Gasteiger partial charge in [-0.2, -0.15) is 10.2 Å². The number of aliphatic hydroxyl groups is 2. The second-order valence-corrected chi connectivity index (χ2v) is 10.7. The highest BCUT2D eigenvalue weighted by Gasteiger charge is 2.19. The molecule has 12 nitrogen and oxygen atoms in total. The first-order chi connectivity index (χ1) is 18.9. The number of pyridine rings is 1. The molecule has 0 saturated carbocycles. The van der Waals surface area contributed by atoms with Crippen LogP contribution in [-0.4, -0.2) is 90.2 Å². The van der Waals surface area contributed by atoms with Crippen molar-refractivity contribution in [2.75, 3.05) is 38.1 Å². The smallest absolute Gasteiger partial charge is 0.260 e. The van der Waals surface area contributed by atoms with Crippen LogP contribution in [0.4, 0.5) is 5.69 Å². The molecule has 4 N–H and O–H groups in total. The number of aryl methyl sites for hydroxylation is 2. The molecule has 1 unspecified atom stereocenters. The van der Waals surface area contributed by atoms with Crippen LogP contribution in [0.5, 0.6) is 0 Å². The molecule has 4 aromatic rings. The number of carbonyl (C=O) groups excluding carboxylic acids is 2. The van der Waals surface area contributed by atoms with E-state index in [4.69, 9.17) is 5.11 Å². The van der Waals surface area contributed by atoms with E-state index in [2.05, 4.69) is 30.7 Å². The number of hydrogen-bond donors (Lipinski definition) is 4. The van der Waals surface area contributed by atoms with Gasteiger partial charge in [0, 0.05) is 43.8 Å². The lowest BCUT2D eigenvalue weighted by Crippen LogP contribution is -2.33. The van der Waals surface area contributed by atoms with Crippen LogP contribution < -0.4 is 10.6 Å². The van der Waals surface area contributed by atoms with Crippen LogP contribution in [0.2, 0.25) is 0 Å². The fraction of sp³-hybridized carbons (Fsp3) is 0.423. The second-order valence-electron chi connectivity index (χ2n) is 9.64. The number of aliphatic hydroxyl groups excluding tert-OH is 2. The Labute approximate surface area is 229 Å². The zero-order valence-electron chi connectivity index (χ0n) is 21.7. The summed E-state index contributed by atoms with van der Waals surface area (Å²) in [5, 5.41) is 33.0. The molecule has 0 bridgehead atoms. The number of hydrogen-bond acceptors (Lipinski definition) is 9. The van der Waals surface area contributed by atoms with Gasteiger partial charge in [0.15, 0.2) is 0 Å². The van der Waals surface area contributed by atoms with Gasteiger partial charge < -0.3 is 25.7 Å². The average Bonchev–Trinajstić information content (AvgIpc) is 3.73. The standard InChI is InChI=1S/C26H32N8O4S/c1-17-22(10-18(11-28-17)24(37)27-5-9-32-6-2-3-7-32)31-25(38)21-13-30-34-15-23(39-26(21)34)19-12-29-33(14-19)8-4-20(36)16-35/h10-15,20,35-36H,2-9,16H2,1H3,(H,27,37)(H,31,38). The highest BCUT2D eigenvalue weighted by atomic mass is 32.1. The van der Waals surface area contributed by atoms with Gasteiger partial charge in [-0.25, -0.2) is 4.52 Å². The van der Waals surface area contributed by atoms with Gasteiger partial charge >= 0.3 is 0 Å². The first-order valence-electron chi connectivity index (χ1n) is 13.0. The van der Waals surface area contributed by atoms with Crippen LogP contribution in [0.25, 0.3) is 15.3 Å². The van der Waals surface area contributed by atoms with Crippen LogP contribution in [0.3, 0.4) is 0 Å². The van der Waals surface area contributed by atoms with E-state index >= 15 is 0 Å². The van der Waals surface area contributed by atoms with Crippen molar-refractivity contribution in [3.05, 3.63) is 53.9 Å². The van der Waals surface area contributed by atoms with Gasteiger partial charge in [-0.3, -0.25) is 19.3 Å². The van der Waals surface area contributed by atoms with Gasteiger partial charge in [0.2, 0.25) is 0 Å². The van der Waals surface area contributed by atoms with Gasteiger partial charge in [-0.1, -0.05) is 0 Å². The van der Waals surface area contributed by atoms with Crippen LogP contribution in [0.15, 0.2) is 37.1 Å². The molecule has 1 atom stereocenters. The maximum absolute atomic E-state index is 13.2. The summed E-state index contributed by atoms with van der Waals surface area (Å²) in [6, 6.07) is 1.65. The normalized spacial score (nSPS) is 14.6. The van der Waals surface area contributed by atoms with Crippen LogP contribution >= 0.6 is 11.3 Å². The summed E-state index contributed by atoms with van der Waals surface area (Å²) in [4.78, 5) is 34.1. The minimum absolute atomic E-state index is 0.223. The van der Waals surface area contributed by atoms with E-state index in [1.165, 1.54) is 36.6 Å². The Morgan fingerprint density at radius 2 is 1.92 bits per heavy atom. The first kappa shape index (κ1) is 26.9. The number of rotatable bonds is 11. The maximum Gasteiger partial charge on any atom is 0.260 e. The SMILES string of the molecule is Cc1ncc(C(=O)NCCN2CCCC2)cc1NC(=O)c1cnn2cc(-c3cnn(CCC(O)CO)c3)sc12. The summed E-state index contributed by atoms with van der Waals surface area (Å²) in [7, 11) is 0. The average molecular weight is 553 g/mol. The maximum atomic E-state index is 13.2. The fourth-order valence-corrected chi connectivity index (χ4v) is 5.50. The Bertz CT molecular complexity index is 1460. The highest BCUT2D eigenvalue weighted by molar-refractivity contribution is 7.21. The third-order valence-electron chi connectivity index (χ3n) is 6.77. The Kier molecular flexibility index (Phi) is 8.31. The molecular formula is C26H32N8O4S. The summed E-state index contributed by atoms with van der Waals surface area (Å²) in [6.45, 7) is 5.50. The summed E-state index contributed by atoms with van der Waals surface area (Å²) in [6.07, 6.45) is 10.5. The number of carbonyl (C=O) groups is 2. The number of nitrogens with one attached hydrogen (secondary N) is 2. The molecule has 1 aliphatic heterocycles. The number of likely N-dealkylation sites (tertiary alicyclic amines) is 1. The predicted octanol–water partition coefficient (Wildman–Crippen LogP) is 1.78. The molecule has 5 heterocycles. The topological polar surface area (TPSA) is 150 Å². The Hall–Kier alpha value is -3.65. The van der Waals surface area contributed by atoms with Crippen molar-refractivity contribution in [2.45, 2.75) is 38.8 Å². The number of anilines is 1. The zero-order valence-corrected chi connectivity index (χ0v) is 22.5. The van der Waals surface area contributed by atoms with E-state index < -0.39 is 6.10 Å². The van der Waals surface area contributed by atoms with Gasteiger partial charge in [0.25, 0.3) is 11.8 Å². The summed E-state index contributed by atoms with van der Waals surface area (Å²) in [5.74, 6) is -0.567. The third kappa shape index (κ3) is 6.33. The molecule has 5 rings (SSSR count). The quantitative estimate of drug-likeness (QED) is 0.220. The zero-order chi connectivity index (χ0) is 27.4. The Balaban J connectivity index is 1.25. The molecule has 206 valence electrons. The first-order valence-corrected chi connectivity index (χ1v) is 13.8. The number of nitrogens with zero attached hydrogens (tertiary/aromatic N) is 6. The molecule has 39 heavy (non-hydrogen) atoms.